The van der Waals surface area contributed by atoms with Gasteiger partial charge < -0.3 is 14.5 Å². The molecule has 298 valence electrons. The molecule has 11 aromatic rings. The number of fused-ring (bicyclic) bond motifs is 11. The summed E-state index contributed by atoms with van der Waals surface area (Å²) in [4.78, 5) is 10.4. The number of aryl methyl sites for hydroxylation is 1. The van der Waals surface area contributed by atoms with Gasteiger partial charge in [0, 0.05) is 50.4 Å². The van der Waals surface area contributed by atoms with Crippen LogP contribution in [0, 0.1) is 6.92 Å². The summed E-state index contributed by atoms with van der Waals surface area (Å²) >= 11 is 0. The van der Waals surface area contributed by atoms with Crippen LogP contribution < -0.4 is 14.5 Å². The van der Waals surface area contributed by atoms with Crippen molar-refractivity contribution in [3.8, 4) is 17.3 Å². The third-order valence-corrected chi connectivity index (χ3v) is 12.8. The molecule has 12 rings (SSSR count). The Hall–Kier alpha value is -7.63. The number of aromatic nitrogens is 2. The van der Waals surface area contributed by atoms with Crippen molar-refractivity contribution in [1.29, 1.82) is 0 Å². The van der Waals surface area contributed by atoms with Crippen molar-refractivity contribution >= 4 is 87.8 Å². The highest BCUT2D eigenvalue weighted by Crippen LogP contribution is 2.47. The summed E-state index contributed by atoms with van der Waals surface area (Å²) in [6.45, 7) is 9.63. The van der Waals surface area contributed by atoms with Crippen molar-refractivity contribution in [2.24, 2.45) is 0 Å². The Balaban J connectivity index is 1.03. The van der Waals surface area contributed by atoms with Crippen LogP contribution in [0.3, 0.4) is 0 Å². The van der Waals surface area contributed by atoms with Gasteiger partial charge in [-0.15, -0.1) is 0 Å². The molecule has 1 aliphatic rings. The molecule has 3 heterocycles. The number of para-hydroxylation sites is 3. The molecule has 5 heteroatoms. The zero-order valence-corrected chi connectivity index (χ0v) is 35.2. The Kier molecular flexibility index (Phi) is 8.01. The number of nitrogens with zero attached hydrogens (tertiary/aromatic N) is 4. The van der Waals surface area contributed by atoms with Gasteiger partial charge in [-0.1, -0.05) is 129 Å². The molecule has 0 atom stereocenters. The first-order valence-corrected chi connectivity index (χ1v) is 21.5. The average molecular weight is 801 g/mol. The summed E-state index contributed by atoms with van der Waals surface area (Å²) in [7, 11) is 0. The molecule has 0 radical (unpaired) electrons. The molecule has 0 aliphatic carbocycles. The Morgan fingerprint density at radius 1 is 0.484 bits per heavy atom. The number of hydrogen-bond acceptors (Lipinski definition) is 4. The van der Waals surface area contributed by atoms with E-state index in [1.807, 2.05) is 0 Å². The van der Waals surface area contributed by atoms with Gasteiger partial charge in [0.2, 0.25) is 0 Å². The second kappa shape index (κ2) is 13.7. The lowest BCUT2D eigenvalue weighted by Gasteiger charge is -2.26. The Labute approximate surface area is 360 Å². The van der Waals surface area contributed by atoms with Crippen molar-refractivity contribution in [3.05, 3.63) is 193 Å². The van der Waals surface area contributed by atoms with Crippen LogP contribution in [-0.2, 0) is 5.41 Å². The molecule has 62 heavy (non-hydrogen) atoms. The first-order valence-electron chi connectivity index (χ1n) is 21.5. The molecule has 0 saturated heterocycles. The van der Waals surface area contributed by atoms with Crippen LogP contribution in [0.25, 0.3) is 70.8 Å². The monoisotopic (exact) mass is 800 g/mol. The third-order valence-electron chi connectivity index (χ3n) is 12.8. The van der Waals surface area contributed by atoms with E-state index in [1.54, 1.807) is 0 Å². The van der Waals surface area contributed by atoms with Gasteiger partial charge in [-0.3, -0.25) is 4.57 Å². The first-order chi connectivity index (χ1) is 30.3. The van der Waals surface area contributed by atoms with E-state index < -0.39 is 0 Å². The number of pyridine rings is 1. The van der Waals surface area contributed by atoms with Crippen LogP contribution in [0.15, 0.2) is 182 Å². The molecular formula is C57H44N4O. The van der Waals surface area contributed by atoms with E-state index in [2.05, 4.69) is 224 Å². The summed E-state index contributed by atoms with van der Waals surface area (Å²) in [6, 6.07) is 65.7. The van der Waals surface area contributed by atoms with Crippen LogP contribution in [0.1, 0.15) is 31.9 Å². The minimum Gasteiger partial charge on any atom is -0.457 e. The molecule has 0 bridgehead atoms. The molecule has 0 fully saturated rings. The van der Waals surface area contributed by atoms with E-state index >= 15 is 0 Å². The predicted octanol–water partition coefficient (Wildman–Crippen LogP) is 15.4. The van der Waals surface area contributed by atoms with Crippen molar-refractivity contribution in [1.82, 2.24) is 9.55 Å². The van der Waals surface area contributed by atoms with Crippen LogP contribution in [0.4, 0.5) is 22.7 Å². The third kappa shape index (κ3) is 5.72. The highest BCUT2D eigenvalue weighted by molar-refractivity contribution is 6.28. The van der Waals surface area contributed by atoms with E-state index in [0.29, 0.717) is 6.67 Å². The van der Waals surface area contributed by atoms with Gasteiger partial charge in [0.05, 0.1) is 27.9 Å². The maximum absolute atomic E-state index is 7.01. The number of anilines is 4. The minimum absolute atomic E-state index is 0.112. The number of ether oxygens (including phenoxy) is 1. The SMILES string of the molecule is Cc1ccc(N2CN(c3cc(Oc4ccc5c6ccccc6n(-c6nc7ccc8ccccc8c7c7c6ccc6ccccc67)c5c4)cc(C(C)(C)C)c3)c3ccccc32)cc1. The van der Waals surface area contributed by atoms with Gasteiger partial charge in [0.25, 0.3) is 0 Å². The summed E-state index contributed by atoms with van der Waals surface area (Å²) in [5.41, 5.74) is 10.1. The fraction of sp³-hybridized carbons (Fsp3) is 0.105. The lowest BCUT2D eigenvalue weighted by atomic mass is 9.86. The Bertz CT molecular complexity index is 3600. The van der Waals surface area contributed by atoms with Crippen LogP contribution >= 0.6 is 0 Å². The maximum Gasteiger partial charge on any atom is 0.146 e. The zero-order valence-electron chi connectivity index (χ0n) is 35.2. The fourth-order valence-electron chi connectivity index (χ4n) is 9.68. The summed E-state index contributed by atoms with van der Waals surface area (Å²) < 4.78 is 9.36. The van der Waals surface area contributed by atoms with E-state index in [0.717, 1.165) is 50.3 Å². The summed E-state index contributed by atoms with van der Waals surface area (Å²) in [6.07, 6.45) is 0. The molecule has 0 unspecified atom stereocenters. The van der Waals surface area contributed by atoms with E-state index in [-0.39, 0.29) is 5.41 Å². The molecule has 9 aromatic carbocycles. The highest BCUT2D eigenvalue weighted by atomic mass is 16.5. The predicted molar refractivity (Wildman–Crippen MR) is 261 cm³/mol. The normalized spacial score (nSPS) is 13.0. The Morgan fingerprint density at radius 3 is 1.84 bits per heavy atom. The zero-order chi connectivity index (χ0) is 41.7. The van der Waals surface area contributed by atoms with Crippen LogP contribution in [0.5, 0.6) is 11.5 Å². The standard InChI is InChI=1S/C57H44N4O/c1-36-21-25-40(26-22-36)59-35-60(52-20-12-11-19-51(52)59)41-31-39(57(2,3)4)32-43(33-41)62-42-27-29-47-46-17-9-10-18-50(46)61(53(47)34-42)56-48-28-23-37-13-5-7-15-44(37)54(48)55-45-16-8-6-14-38(45)24-30-49(55)58-56/h5-34H,35H2,1-4H3. The number of rotatable bonds is 5. The quantitative estimate of drug-likeness (QED) is 0.162. The molecular weight excluding hydrogens is 757 g/mol. The number of benzene rings is 9. The first kappa shape index (κ1) is 36.2. The second-order valence-corrected chi connectivity index (χ2v) is 17.7. The van der Waals surface area contributed by atoms with Gasteiger partial charge in [-0.2, -0.15) is 0 Å². The lowest BCUT2D eigenvalue weighted by Crippen LogP contribution is -2.24. The van der Waals surface area contributed by atoms with Crippen molar-refractivity contribution < 1.29 is 4.74 Å². The van der Waals surface area contributed by atoms with E-state index in [1.165, 1.54) is 65.9 Å². The van der Waals surface area contributed by atoms with Crippen molar-refractivity contribution in [2.75, 3.05) is 16.5 Å². The van der Waals surface area contributed by atoms with Crippen molar-refractivity contribution in [2.45, 2.75) is 33.1 Å². The summed E-state index contributed by atoms with van der Waals surface area (Å²) in [5.74, 6) is 2.47. The second-order valence-electron chi connectivity index (χ2n) is 17.7. The maximum atomic E-state index is 7.01. The van der Waals surface area contributed by atoms with Gasteiger partial charge in [-0.05, 0) is 106 Å². The number of hydrogen-bond donors (Lipinski definition) is 0. The van der Waals surface area contributed by atoms with Gasteiger partial charge in [-0.25, -0.2) is 4.98 Å². The molecule has 2 aromatic heterocycles. The molecule has 0 amide bonds. The summed E-state index contributed by atoms with van der Waals surface area (Å²) in [5, 5.41) is 10.7. The fourth-order valence-corrected chi connectivity index (χ4v) is 9.68. The smallest absolute Gasteiger partial charge is 0.146 e. The van der Waals surface area contributed by atoms with Gasteiger partial charge in [0.1, 0.15) is 24.0 Å². The topological polar surface area (TPSA) is 33.5 Å². The Morgan fingerprint density at radius 2 is 1.10 bits per heavy atom. The van der Waals surface area contributed by atoms with Gasteiger partial charge >= 0.3 is 0 Å². The van der Waals surface area contributed by atoms with E-state index in [4.69, 9.17) is 9.72 Å². The van der Waals surface area contributed by atoms with E-state index in [9.17, 15) is 0 Å². The molecule has 0 N–H and O–H groups in total. The highest BCUT2D eigenvalue weighted by Gasteiger charge is 2.29. The lowest BCUT2D eigenvalue weighted by molar-refractivity contribution is 0.479. The minimum atomic E-state index is -0.112. The van der Waals surface area contributed by atoms with Crippen LogP contribution in [0.2, 0.25) is 0 Å². The van der Waals surface area contributed by atoms with Crippen LogP contribution in [-0.4, -0.2) is 16.2 Å². The molecule has 1 aliphatic heterocycles. The average Bonchev–Trinajstić information content (AvgIpc) is 3.84. The largest absolute Gasteiger partial charge is 0.457 e. The molecule has 0 spiro atoms. The molecule has 5 nitrogen and oxygen atoms in total. The molecule has 0 saturated carbocycles. The van der Waals surface area contributed by atoms with Gasteiger partial charge in [0.15, 0.2) is 0 Å². The van der Waals surface area contributed by atoms with Crippen molar-refractivity contribution in [3.63, 3.8) is 0 Å².